The molecule has 0 aliphatic carbocycles. The van der Waals surface area contributed by atoms with E-state index in [9.17, 15) is 44.2 Å². The first kappa shape index (κ1) is 42.6. The zero-order valence-electron chi connectivity index (χ0n) is 26.2. The topological polar surface area (TPSA) is 163 Å². The summed E-state index contributed by atoms with van der Waals surface area (Å²) in [4.78, 5) is 23.8. The Balaban J connectivity index is 0.000000451. The van der Waals surface area contributed by atoms with Crippen molar-refractivity contribution < 1.29 is 69.8 Å². The number of ether oxygens (including phenoxy) is 1. The van der Waals surface area contributed by atoms with Crippen molar-refractivity contribution in [3.63, 3.8) is 0 Å². The molecule has 0 spiro atoms. The van der Waals surface area contributed by atoms with Gasteiger partial charge in [0.25, 0.3) is 0 Å². The van der Waals surface area contributed by atoms with Crippen LogP contribution in [-0.4, -0.2) is 82.0 Å². The van der Waals surface area contributed by atoms with Crippen LogP contribution in [0.5, 0.6) is 11.5 Å². The molecule has 2 aromatic rings. The van der Waals surface area contributed by atoms with Gasteiger partial charge in [-0.05, 0) is 64.6 Å². The normalized spacial score (nSPS) is 16.8. The van der Waals surface area contributed by atoms with Crippen LogP contribution in [0.2, 0.25) is 23.7 Å². The van der Waals surface area contributed by atoms with Crippen LogP contribution < -0.4 is 36.0 Å². The number of rotatable bonds is 7. The summed E-state index contributed by atoms with van der Waals surface area (Å²) in [6, 6.07) is 2.48. The van der Waals surface area contributed by atoms with E-state index < -0.39 is 52.7 Å². The molecule has 3 N–H and O–H groups in total. The molecular weight excluding hydrogens is 681 g/mol. The maximum atomic E-state index is 14.5. The Morgan fingerprint density at radius 2 is 1.28 bits per heavy atom. The van der Waals surface area contributed by atoms with Gasteiger partial charge in [0, 0.05) is 24.2 Å². The molecule has 2 fully saturated rings. The van der Waals surface area contributed by atoms with Gasteiger partial charge in [-0.1, -0.05) is 46.5 Å². The first-order chi connectivity index (χ1) is 21.2. The minimum absolute atomic E-state index is 0. The van der Waals surface area contributed by atoms with E-state index in [4.69, 9.17) is 27.9 Å². The number of halogens is 5. The van der Waals surface area contributed by atoms with Crippen LogP contribution in [0.15, 0.2) is 23.3 Å². The van der Waals surface area contributed by atoms with Gasteiger partial charge in [-0.25, -0.2) is 0 Å². The number of methoxy groups -OCH3 is 1. The van der Waals surface area contributed by atoms with Gasteiger partial charge in [-0.15, -0.1) is 0 Å². The summed E-state index contributed by atoms with van der Waals surface area (Å²) in [6.45, 7) is 5.72. The van der Waals surface area contributed by atoms with Gasteiger partial charge in [-0.2, -0.15) is 8.78 Å². The predicted octanol–water partition coefficient (Wildman–Crippen LogP) is -0.324. The van der Waals surface area contributed by atoms with Crippen molar-refractivity contribution in [2.75, 3.05) is 33.3 Å². The Hall–Kier alpha value is -2.38. The Morgan fingerprint density at radius 1 is 0.872 bits per heavy atom. The molecule has 20 heteroatoms. The SMILES string of the molecule is CB(O)N1CCCC(=Cc2cc(Cl)c(O)c([N+](=O)[O-])c2F)C1.COc1c(Cl)cc(C=C2CCCN(B(C)O)C2)c(F)c1[N+](=O)[O-].[Cl-].[Li+]. The molecule has 0 unspecified atom stereocenters. The largest absolute Gasteiger partial charge is 1.00 e. The number of nitro benzene ring substituents is 2. The molecule has 2 aliphatic heterocycles. The molecule has 0 atom stereocenters. The minimum Gasteiger partial charge on any atom is -1.00 e. The molecule has 250 valence electrons. The number of nitro groups is 2. The number of benzene rings is 2. The summed E-state index contributed by atoms with van der Waals surface area (Å²) in [7, 11) is -0.0170. The monoisotopic (exact) mass is 712 g/mol. The van der Waals surface area contributed by atoms with E-state index in [1.165, 1.54) is 19.3 Å². The van der Waals surface area contributed by atoms with Crippen molar-refractivity contribution in [1.29, 1.82) is 0 Å². The van der Waals surface area contributed by atoms with Crippen LogP contribution in [0.3, 0.4) is 0 Å². The molecule has 0 aromatic heterocycles. The van der Waals surface area contributed by atoms with Crippen molar-refractivity contribution in [1.82, 2.24) is 9.62 Å². The van der Waals surface area contributed by atoms with Crippen LogP contribution >= 0.6 is 23.2 Å². The van der Waals surface area contributed by atoms with Gasteiger partial charge in [0.15, 0.2) is 0 Å². The third-order valence-corrected chi connectivity index (χ3v) is 7.98. The number of nitrogens with zero attached hydrogens (tertiary/aromatic N) is 4. The third kappa shape index (κ3) is 10.8. The van der Waals surface area contributed by atoms with Gasteiger partial charge in [0.1, 0.15) is 0 Å². The first-order valence-electron chi connectivity index (χ1n) is 13.9. The Bertz CT molecular complexity index is 1530. The van der Waals surface area contributed by atoms with Crippen molar-refractivity contribution in [2.24, 2.45) is 0 Å². The number of hydrogen-bond donors (Lipinski definition) is 3. The van der Waals surface area contributed by atoms with Crippen molar-refractivity contribution in [3.05, 3.63) is 76.3 Å². The summed E-state index contributed by atoms with van der Waals surface area (Å²) < 4.78 is 33.5. The third-order valence-electron chi connectivity index (χ3n) is 7.41. The fourth-order valence-electron chi connectivity index (χ4n) is 5.14. The van der Waals surface area contributed by atoms with Crippen LogP contribution in [-0.2, 0) is 0 Å². The van der Waals surface area contributed by atoms with E-state index in [1.54, 1.807) is 19.7 Å². The number of phenols is 1. The minimum atomic E-state index is -1.12. The molecule has 0 amide bonds. The fourth-order valence-corrected chi connectivity index (χ4v) is 5.63. The van der Waals surface area contributed by atoms with E-state index in [-0.39, 0.29) is 58.2 Å². The van der Waals surface area contributed by atoms with Gasteiger partial charge < -0.3 is 41.9 Å². The molecule has 0 radical (unpaired) electrons. The number of aromatic hydroxyl groups is 1. The molecule has 2 aromatic carbocycles. The predicted molar refractivity (Wildman–Crippen MR) is 170 cm³/mol. The number of piperidine rings is 2. The van der Waals surface area contributed by atoms with Crippen LogP contribution in [0.1, 0.15) is 36.8 Å². The second-order valence-electron chi connectivity index (χ2n) is 10.6. The Labute approximate surface area is 299 Å². The molecule has 2 aliphatic rings. The molecule has 2 saturated heterocycles. The quantitative estimate of drug-likeness (QED) is 0.197. The smallest absolute Gasteiger partial charge is 1.00 e. The standard InChI is InChI=1S/C14H17BClFN2O4.C13H15BClFN2O4.ClH.Li/c1-15(20)18-5-3-4-9(8-18)6-10-7-11(16)14(23-2)13(12(10)17)19(21)22;1-14(20)17-4-2-3-8(7-17)5-9-6-10(15)13(19)12(11(9)16)18(21)22;;/h6-7,20H,3-5,8H2,1-2H3;5-6,19-20H,2-4,7H2,1H3;1H;/q;;;+1/p-1. The summed E-state index contributed by atoms with van der Waals surface area (Å²) in [5.74, 6) is -3.25. The average Bonchev–Trinajstić information content (AvgIpc) is 2.97. The Kier molecular flexibility index (Phi) is 17.2. The van der Waals surface area contributed by atoms with Gasteiger partial charge in [-0.3, -0.25) is 20.2 Å². The molecule has 2 heterocycles. The van der Waals surface area contributed by atoms with E-state index in [0.717, 1.165) is 49.6 Å². The van der Waals surface area contributed by atoms with Crippen LogP contribution in [0, 0.1) is 31.9 Å². The second kappa shape index (κ2) is 19.0. The van der Waals surface area contributed by atoms with E-state index in [0.29, 0.717) is 19.5 Å². The van der Waals surface area contributed by atoms with Crippen LogP contribution in [0.25, 0.3) is 12.2 Å². The summed E-state index contributed by atoms with van der Waals surface area (Å²) in [6.07, 6.45) is 6.11. The Morgan fingerprint density at radius 3 is 1.66 bits per heavy atom. The zero-order chi connectivity index (χ0) is 33.6. The maximum absolute atomic E-state index is 14.5. The van der Waals surface area contributed by atoms with Crippen molar-refractivity contribution >= 4 is 60.8 Å². The zero-order valence-corrected chi connectivity index (χ0v) is 28.5. The van der Waals surface area contributed by atoms with Gasteiger partial charge in [0.05, 0.1) is 27.0 Å². The van der Waals surface area contributed by atoms with E-state index in [1.807, 2.05) is 9.62 Å². The van der Waals surface area contributed by atoms with Crippen LogP contribution in [0.4, 0.5) is 20.2 Å². The molecule has 47 heavy (non-hydrogen) atoms. The average molecular weight is 713 g/mol. The summed E-state index contributed by atoms with van der Waals surface area (Å²) in [5.41, 5.74) is -0.0758. The van der Waals surface area contributed by atoms with Crippen molar-refractivity contribution in [2.45, 2.75) is 39.3 Å². The molecular formula is C27H32B2Cl3F2LiN4O8. The molecule has 0 bridgehead atoms. The number of hydrogen-bond acceptors (Lipinski definition) is 10. The summed E-state index contributed by atoms with van der Waals surface area (Å²) >= 11 is 11.7. The van der Waals surface area contributed by atoms with E-state index >= 15 is 0 Å². The van der Waals surface area contributed by atoms with E-state index in [2.05, 4.69) is 0 Å². The van der Waals surface area contributed by atoms with Gasteiger partial charge in [0.2, 0.25) is 23.1 Å². The first-order valence-corrected chi connectivity index (χ1v) is 14.7. The second-order valence-corrected chi connectivity index (χ2v) is 11.4. The maximum Gasteiger partial charge on any atom is 1.00 e. The molecule has 0 saturated carbocycles. The van der Waals surface area contributed by atoms with Crippen molar-refractivity contribution in [3.8, 4) is 11.5 Å². The fraction of sp³-hybridized carbons (Fsp3) is 0.407. The number of phenolic OH excluding ortho intramolecular Hbond substituents is 1. The summed E-state index contributed by atoms with van der Waals surface area (Å²) in [5, 5.41) is 50.4. The molecule has 12 nitrogen and oxygen atoms in total. The van der Waals surface area contributed by atoms with Gasteiger partial charge >= 0.3 is 44.3 Å². The molecule has 4 rings (SSSR count).